The Labute approximate surface area is 143 Å². The molecule has 0 radical (unpaired) electrons. The first-order valence-corrected chi connectivity index (χ1v) is 8.22. The van der Waals surface area contributed by atoms with Gasteiger partial charge in [-0.1, -0.05) is 11.6 Å². The quantitative estimate of drug-likeness (QED) is 0.650. The fourth-order valence-corrected chi connectivity index (χ4v) is 2.64. The van der Waals surface area contributed by atoms with Crippen LogP contribution in [0, 0.1) is 6.92 Å². The average Bonchev–Trinajstić information content (AvgIpc) is 2.46. The number of carbonyl (C=O) groups excluding carboxylic acids is 1. The summed E-state index contributed by atoms with van der Waals surface area (Å²) in [7, 11) is 0. The van der Waals surface area contributed by atoms with E-state index in [4.69, 9.17) is 23.8 Å². The lowest BCUT2D eigenvalue weighted by atomic mass is 10.3. The summed E-state index contributed by atoms with van der Waals surface area (Å²) in [6, 6.07) is 11.0. The number of pyridine rings is 1. The summed E-state index contributed by atoms with van der Waals surface area (Å²) >= 11 is 12.3. The van der Waals surface area contributed by atoms with Gasteiger partial charge in [0.2, 0.25) is 5.91 Å². The molecule has 114 valence electrons. The molecule has 0 saturated heterocycles. The summed E-state index contributed by atoms with van der Waals surface area (Å²) in [4.78, 5) is 16.9. The Morgan fingerprint density at radius 3 is 2.73 bits per heavy atom. The van der Waals surface area contributed by atoms with E-state index in [2.05, 4.69) is 15.6 Å². The number of rotatable bonds is 4. The van der Waals surface area contributed by atoms with Gasteiger partial charge in [0.15, 0.2) is 5.11 Å². The molecular weight excluding hydrogens is 338 g/mol. The van der Waals surface area contributed by atoms with Crippen molar-refractivity contribution in [2.75, 3.05) is 11.1 Å². The maximum atomic E-state index is 11.8. The first-order valence-electron chi connectivity index (χ1n) is 6.45. The second-order valence-corrected chi connectivity index (χ2v) is 6.36. The molecule has 22 heavy (non-hydrogen) atoms. The van der Waals surface area contributed by atoms with Crippen molar-refractivity contribution in [3.05, 3.63) is 53.2 Å². The zero-order chi connectivity index (χ0) is 15.9. The molecule has 0 aliphatic carbocycles. The second-order valence-electron chi connectivity index (χ2n) is 4.46. The summed E-state index contributed by atoms with van der Waals surface area (Å²) < 4.78 is 0. The van der Waals surface area contributed by atoms with Crippen LogP contribution in [0.25, 0.3) is 0 Å². The van der Waals surface area contributed by atoms with E-state index in [0.29, 0.717) is 10.8 Å². The predicted molar refractivity (Wildman–Crippen MR) is 95.5 cm³/mol. The standard InChI is InChI=1S/C15H14ClN3OS2/c1-10-6-7-17-13(8-10)18-15(21)19-14(20)9-22-12-4-2-11(16)3-5-12/h2-8H,9H2,1H3,(H2,17,18,19,20,21). The Bertz CT molecular complexity index is 677. The van der Waals surface area contributed by atoms with Crippen molar-refractivity contribution in [2.45, 2.75) is 11.8 Å². The van der Waals surface area contributed by atoms with E-state index in [-0.39, 0.29) is 16.8 Å². The summed E-state index contributed by atoms with van der Waals surface area (Å²) in [6.07, 6.45) is 1.68. The predicted octanol–water partition coefficient (Wildman–Crippen LogP) is 3.65. The van der Waals surface area contributed by atoms with E-state index in [1.165, 1.54) is 11.8 Å². The summed E-state index contributed by atoms with van der Waals surface area (Å²) in [5.41, 5.74) is 1.06. The Balaban J connectivity index is 1.79. The van der Waals surface area contributed by atoms with Gasteiger partial charge in [-0.15, -0.1) is 11.8 Å². The zero-order valence-corrected chi connectivity index (χ0v) is 14.2. The number of thiocarbonyl (C=S) groups is 1. The molecule has 1 aromatic heterocycles. The molecule has 0 fully saturated rings. The van der Waals surface area contributed by atoms with Gasteiger partial charge in [0.1, 0.15) is 5.82 Å². The highest BCUT2D eigenvalue weighted by atomic mass is 35.5. The lowest BCUT2D eigenvalue weighted by Gasteiger charge is -2.09. The highest BCUT2D eigenvalue weighted by molar-refractivity contribution is 8.00. The van der Waals surface area contributed by atoms with Gasteiger partial charge < -0.3 is 10.6 Å². The van der Waals surface area contributed by atoms with E-state index in [1.54, 1.807) is 18.3 Å². The number of hydrogen-bond donors (Lipinski definition) is 2. The van der Waals surface area contributed by atoms with Gasteiger partial charge in [0.25, 0.3) is 0 Å². The SMILES string of the molecule is Cc1ccnc(NC(=S)NC(=O)CSc2ccc(Cl)cc2)c1. The molecule has 2 rings (SSSR count). The van der Waals surface area contributed by atoms with Crippen molar-refractivity contribution in [1.29, 1.82) is 0 Å². The lowest BCUT2D eigenvalue weighted by Crippen LogP contribution is -2.35. The zero-order valence-electron chi connectivity index (χ0n) is 11.8. The Morgan fingerprint density at radius 1 is 1.32 bits per heavy atom. The smallest absolute Gasteiger partial charge is 0.236 e. The molecule has 0 spiro atoms. The molecular formula is C15H14ClN3OS2. The molecule has 0 aliphatic heterocycles. The van der Waals surface area contributed by atoms with Gasteiger partial charge in [0, 0.05) is 16.1 Å². The van der Waals surface area contributed by atoms with Crippen molar-refractivity contribution >= 4 is 52.4 Å². The van der Waals surface area contributed by atoms with Gasteiger partial charge in [0.05, 0.1) is 5.75 Å². The number of benzene rings is 1. The van der Waals surface area contributed by atoms with Crippen LogP contribution in [0.3, 0.4) is 0 Å². The van der Waals surface area contributed by atoms with Crippen LogP contribution in [-0.2, 0) is 4.79 Å². The molecule has 2 N–H and O–H groups in total. The minimum Gasteiger partial charge on any atom is -0.317 e. The number of amides is 1. The largest absolute Gasteiger partial charge is 0.317 e. The first kappa shape index (κ1) is 16.7. The minimum absolute atomic E-state index is 0.176. The average molecular weight is 352 g/mol. The highest BCUT2D eigenvalue weighted by Crippen LogP contribution is 2.19. The first-order chi connectivity index (χ1) is 10.5. The summed E-state index contributed by atoms with van der Waals surface area (Å²) in [6.45, 7) is 1.96. The molecule has 0 saturated carbocycles. The van der Waals surface area contributed by atoms with E-state index in [1.807, 2.05) is 31.2 Å². The molecule has 0 bridgehead atoms. The number of anilines is 1. The molecule has 0 atom stereocenters. The molecule has 4 nitrogen and oxygen atoms in total. The van der Waals surface area contributed by atoms with Crippen molar-refractivity contribution in [2.24, 2.45) is 0 Å². The molecule has 0 unspecified atom stereocenters. The number of nitrogens with one attached hydrogen (secondary N) is 2. The van der Waals surface area contributed by atoms with E-state index < -0.39 is 0 Å². The Morgan fingerprint density at radius 2 is 2.05 bits per heavy atom. The molecule has 1 aromatic carbocycles. The van der Waals surface area contributed by atoms with Crippen molar-refractivity contribution < 1.29 is 4.79 Å². The topological polar surface area (TPSA) is 54.0 Å². The molecule has 1 amide bonds. The van der Waals surface area contributed by atoms with Crippen LogP contribution in [0.2, 0.25) is 5.02 Å². The van der Waals surface area contributed by atoms with Crippen LogP contribution in [-0.4, -0.2) is 21.8 Å². The minimum atomic E-state index is -0.176. The summed E-state index contributed by atoms with van der Waals surface area (Å²) in [5, 5.41) is 6.41. The summed E-state index contributed by atoms with van der Waals surface area (Å²) in [5.74, 6) is 0.700. The number of thioether (sulfide) groups is 1. The van der Waals surface area contributed by atoms with Gasteiger partial charge in [-0.2, -0.15) is 0 Å². The maximum Gasteiger partial charge on any atom is 0.236 e. The molecule has 1 heterocycles. The monoisotopic (exact) mass is 351 g/mol. The van der Waals surface area contributed by atoms with Crippen LogP contribution in [0.15, 0.2) is 47.5 Å². The Kier molecular flexibility index (Phi) is 6.18. The van der Waals surface area contributed by atoms with Gasteiger partial charge in [-0.25, -0.2) is 4.98 Å². The van der Waals surface area contributed by atoms with Crippen molar-refractivity contribution in [3.8, 4) is 0 Å². The van der Waals surface area contributed by atoms with Crippen LogP contribution < -0.4 is 10.6 Å². The van der Waals surface area contributed by atoms with Crippen LogP contribution in [0.1, 0.15) is 5.56 Å². The number of nitrogens with zero attached hydrogens (tertiary/aromatic N) is 1. The van der Waals surface area contributed by atoms with Gasteiger partial charge >= 0.3 is 0 Å². The Hall–Kier alpha value is -1.63. The number of carbonyl (C=O) groups is 1. The van der Waals surface area contributed by atoms with Crippen molar-refractivity contribution in [3.63, 3.8) is 0 Å². The van der Waals surface area contributed by atoms with Crippen LogP contribution >= 0.6 is 35.6 Å². The number of halogens is 1. The third-order valence-corrected chi connectivity index (χ3v) is 4.06. The fourth-order valence-electron chi connectivity index (χ4n) is 1.59. The van der Waals surface area contributed by atoms with Crippen LogP contribution in [0.4, 0.5) is 5.82 Å². The maximum absolute atomic E-state index is 11.8. The molecule has 0 aliphatic rings. The van der Waals surface area contributed by atoms with Gasteiger partial charge in [-0.05, 0) is 61.1 Å². The number of aromatic nitrogens is 1. The van der Waals surface area contributed by atoms with E-state index in [9.17, 15) is 4.79 Å². The normalized spacial score (nSPS) is 10.1. The second kappa shape index (κ2) is 8.12. The van der Waals surface area contributed by atoms with E-state index >= 15 is 0 Å². The lowest BCUT2D eigenvalue weighted by molar-refractivity contribution is -0.117. The van der Waals surface area contributed by atoms with Crippen molar-refractivity contribution in [1.82, 2.24) is 10.3 Å². The van der Waals surface area contributed by atoms with E-state index in [0.717, 1.165) is 10.5 Å². The van der Waals surface area contributed by atoms with Gasteiger partial charge in [-0.3, -0.25) is 4.79 Å². The third-order valence-electron chi connectivity index (χ3n) is 2.59. The van der Waals surface area contributed by atoms with Crippen LogP contribution in [0.5, 0.6) is 0 Å². The fraction of sp³-hybridized carbons (Fsp3) is 0.133. The number of aryl methyl sites for hydroxylation is 1. The molecule has 2 aromatic rings. The highest BCUT2D eigenvalue weighted by Gasteiger charge is 2.06. The number of hydrogen-bond acceptors (Lipinski definition) is 4. The third kappa shape index (κ3) is 5.63. The molecule has 7 heteroatoms.